The Morgan fingerprint density at radius 3 is 2.72 bits per heavy atom. The first-order valence-corrected chi connectivity index (χ1v) is 10.8. The molecular formula is C26H25FN4O. The molecule has 32 heavy (non-hydrogen) atoms. The highest BCUT2D eigenvalue weighted by Crippen LogP contribution is 2.27. The van der Waals surface area contributed by atoms with Gasteiger partial charge in [-0.05, 0) is 54.4 Å². The number of nitrogens with zero attached hydrogens (tertiary/aromatic N) is 2. The van der Waals surface area contributed by atoms with Gasteiger partial charge in [-0.2, -0.15) is 0 Å². The van der Waals surface area contributed by atoms with E-state index in [-0.39, 0.29) is 11.7 Å². The maximum Gasteiger partial charge on any atom is 0.198 e. The predicted octanol–water partition coefficient (Wildman–Crippen LogP) is 5.45. The van der Waals surface area contributed by atoms with Gasteiger partial charge in [-0.25, -0.2) is 4.39 Å². The fraction of sp³-hybridized carbons (Fsp3) is 0.192. The van der Waals surface area contributed by atoms with Gasteiger partial charge < -0.3 is 15.4 Å². The number of aliphatic imine (C=N–C) groups is 1. The summed E-state index contributed by atoms with van der Waals surface area (Å²) >= 11 is 0. The van der Waals surface area contributed by atoms with Crippen LogP contribution in [0.5, 0.6) is 5.88 Å². The number of anilines is 1. The number of aromatic hydroxyl groups is 1. The zero-order valence-electron chi connectivity index (χ0n) is 17.6. The molecule has 162 valence electrons. The smallest absolute Gasteiger partial charge is 0.198 e. The lowest BCUT2D eigenvalue weighted by molar-refractivity contribution is 0.328. The molecular weight excluding hydrogens is 403 g/mol. The largest absolute Gasteiger partial charge is 0.494 e. The maximum absolute atomic E-state index is 13.4. The molecule has 1 saturated heterocycles. The quantitative estimate of drug-likeness (QED) is 0.358. The van der Waals surface area contributed by atoms with E-state index in [4.69, 9.17) is 0 Å². The van der Waals surface area contributed by atoms with Crippen LogP contribution >= 0.6 is 0 Å². The molecule has 0 bridgehead atoms. The second-order valence-corrected chi connectivity index (χ2v) is 8.23. The van der Waals surface area contributed by atoms with Gasteiger partial charge in [0, 0.05) is 43.0 Å². The minimum Gasteiger partial charge on any atom is -0.494 e. The lowest BCUT2D eigenvalue weighted by Gasteiger charge is -2.17. The van der Waals surface area contributed by atoms with Gasteiger partial charge in [0.05, 0.1) is 16.8 Å². The molecule has 4 aromatic rings. The molecule has 3 aromatic carbocycles. The molecule has 0 radical (unpaired) electrons. The molecule has 1 aromatic heterocycles. The van der Waals surface area contributed by atoms with Gasteiger partial charge in [-0.1, -0.05) is 30.3 Å². The van der Waals surface area contributed by atoms with E-state index in [0.717, 1.165) is 42.8 Å². The summed E-state index contributed by atoms with van der Waals surface area (Å²) in [6.07, 6.45) is 2.72. The third kappa shape index (κ3) is 4.50. The predicted molar refractivity (Wildman–Crippen MR) is 127 cm³/mol. The van der Waals surface area contributed by atoms with Crippen LogP contribution in [-0.4, -0.2) is 40.3 Å². The van der Waals surface area contributed by atoms with Crippen molar-refractivity contribution in [3.05, 3.63) is 89.7 Å². The summed E-state index contributed by atoms with van der Waals surface area (Å²) in [4.78, 5) is 9.74. The minimum absolute atomic E-state index is 0.0195. The first-order chi connectivity index (χ1) is 15.6. The molecule has 5 rings (SSSR count). The lowest BCUT2D eigenvalue weighted by Crippen LogP contribution is -2.25. The molecule has 1 atom stereocenters. The highest BCUT2D eigenvalue weighted by atomic mass is 19.1. The van der Waals surface area contributed by atoms with Gasteiger partial charge in [0.2, 0.25) is 0 Å². The number of nitrogens with one attached hydrogen (secondary N) is 2. The van der Waals surface area contributed by atoms with Gasteiger partial charge in [0.25, 0.3) is 0 Å². The summed E-state index contributed by atoms with van der Waals surface area (Å²) in [5, 5.41) is 14.5. The highest BCUT2D eigenvalue weighted by molar-refractivity contribution is 6.02. The van der Waals surface area contributed by atoms with Crippen molar-refractivity contribution in [1.82, 2.24) is 9.88 Å². The van der Waals surface area contributed by atoms with Crippen LogP contribution in [0.15, 0.2) is 77.8 Å². The number of aromatic amines is 1. The average molecular weight is 429 g/mol. The van der Waals surface area contributed by atoms with E-state index in [9.17, 15) is 9.50 Å². The van der Waals surface area contributed by atoms with Crippen molar-refractivity contribution in [2.75, 3.05) is 18.4 Å². The molecule has 3 N–H and O–H groups in total. The number of hydrogen-bond acceptors (Lipinski definition) is 4. The number of hydrogen-bond donors (Lipinski definition) is 3. The Morgan fingerprint density at radius 1 is 1.09 bits per heavy atom. The number of aromatic nitrogens is 1. The molecule has 0 amide bonds. The molecule has 1 aliphatic rings. The van der Waals surface area contributed by atoms with Crippen LogP contribution in [0, 0.1) is 5.82 Å². The summed E-state index contributed by atoms with van der Waals surface area (Å²) in [7, 11) is 0. The van der Waals surface area contributed by atoms with E-state index in [0.29, 0.717) is 17.1 Å². The maximum atomic E-state index is 13.4. The summed E-state index contributed by atoms with van der Waals surface area (Å²) in [6, 6.07) is 23.3. The molecule has 0 saturated carbocycles. The Morgan fingerprint density at radius 2 is 1.91 bits per heavy atom. The van der Waals surface area contributed by atoms with Crippen molar-refractivity contribution < 1.29 is 9.50 Å². The molecule has 0 aliphatic carbocycles. The third-order valence-electron chi connectivity index (χ3n) is 5.88. The van der Waals surface area contributed by atoms with E-state index < -0.39 is 0 Å². The van der Waals surface area contributed by atoms with Gasteiger partial charge in [-0.3, -0.25) is 9.89 Å². The Hall–Kier alpha value is -3.64. The third-order valence-corrected chi connectivity index (χ3v) is 5.88. The number of benzene rings is 3. The number of fused-ring (bicyclic) bond motifs is 1. The van der Waals surface area contributed by atoms with Crippen molar-refractivity contribution in [1.29, 1.82) is 0 Å². The Bertz CT molecular complexity index is 1230. The summed E-state index contributed by atoms with van der Waals surface area (Å²) < 4.78 is 13.4. The molecule has 6 heteroatoms. The van der Waals surface area contributed by atoms with Crippen LogP contribution in [-0.2, 0) is 6.54 Å². The monoisotopic (exact) mass is 428 g/mol. The Kier molecular flexibility index (Phi) is 5.60. The van der Waals surface area contributed by atoms with E-state index in [1.54, 1.807) is 12.3 Å². The Balaban J connectivity index is 1.20. The number of likely N-dealkylation sites (tertiary alicyclic amines) is 1. The van der Waals surface area contributed by atoms with Gasteiger partial charge in [0.15, 0.2) is 5.88 Å². The fourth-order valence-corrected chi connectivity index (χ4v) is 4.26. The van der Waals surface area contributed by atoms with Crippen LogP contribution in [0.2, 0.25) is 0 Å². The van der Waals surface area contributed by atoms with Crippen molar-refractivity contribution in [3.8, 4) is 5.88 Å². The second-order valence-electron chi connectivity index (χ2n) is 8.23. The molecule has 0 spiro atoms. The second kappa shape index (κ2) is 8.85. The van der Waals surface area contributed by atoms with Crippen LogP contribution in [0.25, 0.3) is 10.9 Å². The summed E-state index contributed by atoms with van der Waals surface area (Å²) in [6.45, 7) is 3.10. The molecule has 2 heterocycles. The summed E-state index contributed by atoms with van der Waals surface area (Å²) in [5.41, 5.74) is 4.29. The van der Waals surface area contributed by atoms with Crippen molar-refractivity contribution in [2.24, 2.45) is 4.99 Å². The van der Waals surface area contributed by atoms with Crippen molar-refractivity contribution in [3.63, 3.8) is 0 Å². The first kappa shape index (κ1) is 20.3. The van der Waals surface area contributed by atoms with Crippen LogP contribution in [0.1, 0.15) is 17.5 Å². The SMILES string of the molecule is Oc1[nH]c2cc(F)ccc2c1C=Nc1ccc(NC2CCN(Cc3ccccc3)C2)cc1. The van der Waals surface area contributed by atoms with E-state index in [1.165, 1.54) is 17.7 Å². The van der Waals surface area contributed by atoms with E-state index in [2.05, 4.69) is 50.5 Å². The minimum atomic E-state index is -0.351. The molecule has 1 aliphatic heterocycles. The normalized spacial score (nSPS) is 16.8. The van der Waals surface area contributed by atoms with E-state index >= 15 is 0 Å². The van der Waals surface area contributed by atoms with Crippen LogP contribution < -0.4 is 5.32 Å². The highest BCUT2D eigenvalue weighted by Gasteiger charge is 2.22. The van der Waals surface area contributed by atoms with Crippen molar-refractivity contribution >= 4 is 28.5 Å². The van der Waals surface area contributed by atoms with Crippen LogP contribution in [0.3, 0.4) is 0 Å². The molecule has 5 nitrogen and oxygen atoms in total. The number of H-pyrrole nitrogens is 1. The lowest BCUT2D eigenvalue weighted by atomic mass is 10.2. The zero-order chi connectivity index (χ0) is 21.9. The number of halogens is 1. The first-order valence-electron chi connectivity index (χ1n) is 10.8. The molecule has 1 fully saturated rings. The van der Waals surface area contributed by atoms with Gasteiger partial charge in [0.1, 0.15) is 5.82 Å². The zero-order valence-corrected chi connectivity index (χ0v) is 17.6. The summed E-state index contributed by atoms with van der Waals surface area (Å²) in [5.74, 6) is -0.371. The average Bonchev–Trinajstić information content (AvgIpc) is 3.36. The number of rotatable bonds is 6. The van der Waals surface area contributed by atoms with Crippen LogP contribution in [0.4, 0.5) is 15.8 Å². The standard InChI is InChI=1S/C26H25FN4O/c27-19-6-11-23-24(26(32)30-25(23)14-19)15-28-20-7-9-21(10-8-20)29-22-12-13-31(17-22)16-18-4-2-1-3-5-18/h1-11,14-15,22,29-30,32H,12-13,16-17H2. The van der Waals surface area contributed by atoms with Crippen molar-refractivity contribution in [2.45, 2.75) is 19.0 Å². The van der Waals surface area contributed by atoms with Gasteiger partial charge >= 0.3 is 0 Å². The van der Waals surface area contributed by atoms with Gasteiger partial charge in [-0.15, -0.1) is 0 Å². The Labute approximate surface area is 186 Å². The molecule has 1 unspecified atom stereocenters. The van der Waals surface area contributed by atoms with E-state index in [1.807, 2.05) is 24.3 Å². The topological polar surface area (TPSA) is 63.6 Å². The fourth-order valence-electron chi connectivity index (χ4n) is 4.26.